The first-order valence-corrected chi connectivity index (χ1v) is 13.5. The van der Waals surface area contributed by atoms with E-state index in [-0.39, 0.29) is 33.9 Å². The lowest BCUT2D eigenvalue weighted by molar-refractivity contribution is -0.0969. The Hall–Kier alpha value is -0.600. The van der Waals surface area contributed by atoms with Crippen LogP contribution >= 0.6 is 0 Å². The Morgan fingerprint density at radius 1 is 0.969 bits per heavy atom. The van der Waals surface area contributed by atoms with Crippen LogP contribution in [0.15, 0.2) is 22.8 Å². The van der Waals surface area contributed by atoms with Gasteiger partial charge in [-0.1, -0.05) is 64.3 Å². The third kappa shape index (κ3) is 3.33. The Kier molecular flexibility index (Phi) is 6.11. The zero-order valence-electron chi connectivity index (χ0n) is 22.2. The summed E-state index contributed by atoms with van der Waals surface area (Å²) in [5, 5.41) is 21.9. The molecule has 2 unspecified atom stereocenters. The molecule has 8 atom stereocenters. The quantitative estimate of drug-likeness (QED) is 0.444. The van der Waals surface area contributed by atoms with Crippen molar-refractivity contribution >= 4 is 0 Å². The van der Waals surface area contributed by atoms with Gasteiger partial charge in [-0.15, -0.1) is 0 Å². The van der Waals surface area contributed by atoms with Gasteiger partial charge in [0.1, 0.15) is 0 Å². The third-order valence-corrected chi connectivity index (χ3v) is 11.8. The predicted octanol–water partition coefficient (Wildman–Crippen LogP) is 7.45. The highest BCUT2D eigenvalue weighted by atomic mass is 16.3. The first kappa shape index (κ1) is 24.5. The second-order valence-electron chi connectivity index (χ2n) is 13.7. The highest BCUT2D eigenvalue weighted by molar-refractivity contribution is 5.38. The molecule has 182 valence electrons. The van der Waals surface area contributed by atoms with Crippen molar-refractivity contribution in [3.63, 3.8) is 0 Å². The van der Waals surface area contributed by atoms with Crippen molar-refractivity contribution in [3.05, 3.63) is 22.8 Å². The lowest BCUT2D eigenvalue weighted by Gasteiger charge is -2.62. The molecular formula is C30H50O2. The van der Waals surface area contributed by atoms with Gasteiger partial charge in [-0.3, -0.25) is 0 Å². The van der Waals surface area contributed by atoms with Crippen LogP contribution in [0.4, 0.5) is 0 Å². The minimum atomic E-state index is -0.238. The van der Waals surface area contributed by atoms with E-state index in [0.29, 0.717) is 17.8 Å². The molecule has 2 saturated carbocycles. The Bertz CT molecular complexity index is 802. The number of rotatable bonds is 4. The van der Waals surface area contributed by atoms with E-state index < -0.39 is 0 Å². The summed E-state index contributed by atoms with van der Waals surface area (Å²) in [6, 6.07) is 0. The summed E-state index contributed by atoms with van der Waals surface area (Å²) in [6.45, 7) is 18.9. The highest BCUT2D eigenvalue weighted by Gasteiger charge is 2.63. The van der Waals surface area contributed by atoms with Gasteiger partial charge in [0.25, 0.3) is 0 Å². The van der Waals surface area contributed by atoms with Gasteiger partial charge in [0.15, 0.2) is 0 Å². The van der Waals surface area contributed by atoms with Crippen LogP contribution < -0.4 is 0 Å². The molecular weight excluding hydrogens is 392 g/mol. The third-order valence-electron chi connectivity index (χ3n) is 11.8. The van der Waals surface area contributed by atoms with Crippen LogP contribution in [0.25, 0.3) is 0 Å². The van der Waals surface area contributed by atoms with Crippen LogP contribution in [-0.2, 0) is 0 Å². The van der Waals surface area contributed by atoms with Crippen LogP contribution in [0, 0.1) is 39.4 Å². The Labute approximate surface area is 198 Å². The molecule has 0 aromatic carbocycles. The van der Waals surface area contributed by atoms with Gasteiger partial charge in [0.05, 0.1) is 12.2 Å². The van der Waals surface area contributed by atoms with Crippen molar-refractivity contribution in [1.82, 2.24) is 0 Å². The van der Waals surface area contributed by atoms with Crippen molar-refractivity contribution in [1.29, 1.82) is 0 Å². The fourth-order valence-corrected chi connectivity index (χ4v) is 9.40. The number of hydrogen-bond donors (Lipinski definition) is 2. The zero-order chi connectivity index (χ0) is 23.7. The van der Waals surface area contributed by atoms with Crippen LogP contribution in [0.1, 0.15) is 113 Å². The molecule has 0 spiro atoms. The average molecular weight is 443 g/mol. The molecule has 0 heterocycles. The van der Waals surface area contributed by atoms with E-state index in [9.17, 15) is 10.2 Å². The largest absolute Gasteiger partial charge is 0.393 e. The van der Waals surface area contributed by atoms with Gasteiger partial charge in [-0.05, 0) is 111 Å². The first-order chi connectivity index (χ1) is 14.8. The predicted molar refractivity (Wildman–Crippen MR) is 134 cm³/mol. The van der Waals surface area contributed by atoms with E-state index in [0.717, 1.165) is 19.3 Å². The number of hydrogen-bond acceptors (Lipinski definition) is 2. The van der Waals surface area contributed by atoms with E-state index in [1.54, 1.807) is 11.1 Å². The molecule has 0 saturated heterocycles. The van der Waals surface area contributed by atoms with Gasteiger partial charge in [0.2, 0.25) is 0 Å². The Morgan fingerprint density at radius 3 is 2.31 bits per heavy atom. The highest BCUT2D eigenvalue weighted by Crippen LogP contribution is 2.72. The van der Waals surface area contributed by atoms with Crippen LogP contribution in [0.5, 0.6) is 0 Å². The molecule has 0 aliphatic heterocycles. The normalized spacial score (nSPS) is 44.9. The molecule has 4 aliphatic carbocycles. The second kappa shape index (κ2) is 7.98. The number of fused-ring (bicyclic) bond motifs is 4. The molecule has 4 aliphatic rings. The smallest absolute Gasteiger partial charge is 0.0603 e. The van der Waals surface area contributed by atoms with Crippen molar-refractivity contribution in [2.24, 2.45) is 39.4 Å². The number of allylic oxidation sites excluding steroid dienone is 3. The SMILES string of the molecule is CC(C)=CCC(O)[C@@H](C)[C@H]1CC[C@@]2(C)C3=C(CC[C@]12C)[C@@]1(C)CC[C@H](O)C(C)(C)C1CC3. The maximum atomic E-state index is 11.0. The summed E-state index contributed by atoms with van der Waals surface area (Å²) >= 11 is 0. The summed E-state index contributed by atoms with van der Waals surface area (Å²) in [6.07, 6.45) is 12.2. The van der Waals surface area contributed by atoms with E-state index >= 15 is 0 Å². The molecule has 2 N–H and O–H groups in total. The summed E-state index contributed by atoms with van der Waals surface area (Å²) in [7, 11) is 0. The van der Waals surface area contributed by atoms with E-state index in [1.165, 1.54) is 44.1 Å². The Morgan fingerprint density at radius 2 is 1.66 bits per heavy atom. The topological polar surface area (TPSA) is 40.5 Å². The van der Waals surface area contributed by atoms with Crippen molar-refractivity contribution in [3.8, 4) is 0 Å². The minimum Gasteiger partial charge on any atom is -0.393 e. The molecule has 0 amide bonds. The van der Waals surface area contributed by atoms with Gasteiger partial charge < -0.3 is 10.2 Å². The molecule has 2 fully saturated rings. The van der Waals surface area contributed by atoms with Crippen molar-refractivity contribution in [2.45, 2.75) is 125 Å². The molecule has 2 heteroatoms. The van der Waals surface area contributed by atoms with Crippen LogP contribution in [0.3, 0.4) is 0 Å². The van der Waals surface area contributed by atoms with Crippen LogP contribution in [-0.4, -0.2) is 22.4 Å². The average Bonchev–Trinajstić information content (AvgIpc) is 3.00. The zero-order valence-corrected chi connectivity index (χ0v) is 22.2. The van der Waals surface area contributed by atoms with Crippen molar-refractivity contribution < 1.29 is 10.2 Å². The van der Waals surface area contributed by atoms with E-state index in [2.05, 4.69) is 61.5 Å². The van der Waals surface area contributed by atoms with E-state index in [4.69, 9.17) is 0 Å². The second-order valence-corrected chi connectivity index (χ2v) is 13.7. The molecule has 32 heavy (non-hydrogen) atoms. The summed E-state index contributed by atoms with van der Waals surface area (Å²) in [5.74, 6) is 1.53. The van der Waals surface area contributed by atoms with Crippen molar-refractivity contribution in [2.75, 3.05) is 0 Å². The van der Waals surface area contributed by atoms with E-state index in [1.807, 2.05) is 0 Å². The molecule has 2 nitrogen and oxygen atoms in total. The monoisotopic (exact) mass is 442 g/mol. The first-order valence-electron chi connectivity index (χ1n) is 13.5. The summed E-state index contributed by atoms with van der Waals surface area (Å²) in [4.78, 5) is 0. The molecule has 4 rings (SSSR count). The maximum Gasteiger partial charge on any atom is 0.0603 e. The minimum absolute atomic E-state index is 0.00888. The maximum absolute atomic E-state index is 11.0. The fourth-order valence-electron chi connectivity index (χ4n) is 9.40. The van der Waals surface area contributed by atoms with Crippen LogP contribution in [0.2, 0.25) is 0 Å². The number of aliphatic hydroxyl groups excluding tert-OH is 2. The molecule has 0 radical (unpaired) electrons. The molecule has 0 aromatic rings. The fraction of sp³-hybridized carbons (Fsp3) is 0.867. The van der Waals surface area contributed by atoms with Gasteiger partial charge in [-0.25, -0.2) is 0 Å². The Balaban J connectivity index is 1.67. The summed E-state index contributed by atoms with van der Waals surface area (Å²) in [5.41, 5.74) is 5.70. The standard InChI is InChI=1S/C30H50O2/c1-19(2)9-11-24(31)20(3)21-13-17-30(8)23-10-12-25-27(4,5)26(32)15-16-28(25,6)22(23)14-18-29(21,30)7/h9,20-21,24-26,31-32H,10-18H2,1-8H3/t20-,21+,24?,25?,26-,28+,29+,30-/m0/s1. The number of aliphatic hydroxyl groups is 2. The van der Waals surface area contributed by atoms with Gasteiger partial charge in [-0.2, -0.15) is 0 Å². The van der Waals surface area contributed by atoms with Gasteiger partial charge >= 0.3 is 0 Å². The lowest BCUT2D eigenvalue weighted by atomic mass is 9.43. The van der Waals surface area contributed by atoms with Gasteiger partial charge in [0, 0.05) is 0 Å². The lowest BCUT2D eigenvalue weighted by Crippen LogP contribution is -2.55. The molecule has 0 aromatic heterocycles. The summed E-state index contributed by atoms with van der Waals surface area (Å²) < 4.78 is 0. The molecule has 0 bridgehead atoms.